The third-order valence-corrected chi connectivity index (χ3v) is 5.61. The summed E-state index contributed by atoms with van der Waals surface area (Å²) in [5.74, 6) is -0.0393. The van der Waals surface area contributed by atoms with Gasteiger partial charge in [-0.2, -0.15) is 13.2 Å². The van der Waals surface area contributed by atoms with E-state index >= 15 is 0 Å². The summed E-state index contributed by atoms with van der Waals surface area (Å²) in [5, 5.41) is -0.438. The molecule has 1 fully saturated rings. The quantitative estimate of drug-likeness (QED) is 0.896. The number of rotatable bonds is 5. The fraction of sp³-hybridized carbons (Fsp3) is 0.667. The van der Waals surface area contributed by atoms with Crippen LogP contribution in [0.2, 0.25) is 0 Å². The van der Waals surface area contributed by atoms with E-state index in [9.17, 15) is 21.6 Å². The Hall–Kier alpha value is -1.22. The first-order valence-electron chi connectivity index (χ1n) is 6.40. The van der Waals surface area contributed by atoms with Crippen LogP contribution in [0.15, 0.2) is 12.3 Å². The highest BCUT2D eigenvalue weighted by molar-refractivity contribution is 7.90. The molecule has 1 heterocycles. The second-order valence-corrected chi connectivity index (χ2v) is 7.67. The predicted molar refractivity (Wildman–Crippen MR) is 69.8 cm³/mol. The van der Waals surface area contributed by atoms with Gasteiger partial charge in [0.1, 0.15) is 11.5 Å². The van der Waals surface area contributed by atoms with Crippen molar-refractivity contribution in [2.24, 2.45) is 5.41 Å². The maximum atomic E-state index is 12.5. The van der Waals surface area contributed by atoms with Gasteiger partial charge >= 0.3 is 6.18 Å². The van der Waals surface area contributed by atoms with Crippen molar-refractivity contribution in [3.05, 3.63) is 23.8 Å². The van der Waals surface area contributed by atoms with Crippen LogP contribution in [-0.2, 0) is 22.6 Å². The van der Waals surface area contributed by atoms with Gasteiger partial charge in [0.05, 0.1) is 5.25 Å². The molecule has 1 aromatic heterocycles. The van der Waals surface area contributed by atoms with Crippen molar-refractivity contribution in [2.45, 2.75) is 38.1 Å². The first-order chi connectivity index (χ1) is 9.52. The number of aromatic nitrogens is 2. The molecule has 0 saturated heterocycles. The zero-order chi connectivity index (χ0) is 15.9. The summed E-state index contributed by atoms with van der Waals surface area (Å²) in [7, 11) is -3.43. The van der Waals surface area contributed by atoms with Crippen LogP contribution in [0.5, 0.6) is 0 Å². The van der Waals surface area contributed by atoms with Crippen molar-refractivity contribution in [3.8, 4) is 0 Å². The van der Waals surface area contributed by atoms with Crippen LogP contribution in [0, 0.1) is 5.41 Å². The van der Waals surface area contributed by atoms with Gasteiger partial charge in [0.15, 0.2) is 0 Å². The standard InChI is InChI=1S/C12H16F3N3O2S/c1-11(2)7-9(11)21(19,20)17-6-4-10-16-5-3-8(18-10)12(13,14)15/h3,5,9,17H,4,6-7H2,1-2H3. The third-order valence-electron chi connectivity index (χ3n) is 3.45. The van der Waals surface area contributed by atoms with Crippen molar-refractivity contribution in [1.29, 1.82) is 0 Å². The van der Waals surface area contributed by atoms with E-state index in [1.807, 2.05) is 13.8 Å². The molecule has 9 heteroatoms. The molecular weight excluding hydrogens is 307 g/mol. The number of alkyl halides is 3. The van der Waals surface area contributed by atoms with Gasteiger partial charge in [-0.05, 0) is 17.9 Å². The molecule has 2 rings (SSSR count). The van der Waals surface area contributed by atoms with Gasteiger partial charge in [-0.1, -0.05) is 13.8 Å². The number of nitrogens with zero attached hydrogens (tertiary/aromatic N) is 2. The molecule has 1 saturated carbocycles. The number of hydrogen-bond acceptors (Lipinski definition) is 4. The Morgan fingerprint density at radius 1 is 1.43 bits per heavy atom. The topological polar surface area (TPSA) is 72.0 Å². The molecule has 0 bridgehead atoms. The van der Waals surface area contributed by atoms with Crippen molar-refractivity contribution in [2.75, 3.05) is 6.54 Å². The van der Waals surface area contributed by atoms with E-state index in [4.69, 9.17) is 0 Å². The summed E-state index contributed by atoms with van der Waals surface area (Å²) in [6.07, 6.45) is -2.92. The third kappa shape index (κ3) is 3.91. The first kappa shape index (κ1) is 16.2. The normalized spacial score (nSPS) is 21.3. The lowest BCUT2D eigenvalue weighted by Crippen LogP contribution is -2.31. The molecule has 0 amide bonds. The van der Waals surface area contributed by atoms with E-state index in [-0.39, 0.29) is 24.2 Å². The maximum absolute atomic E-state index is 12.5. The van der Waals surface area contributed by atoms with E-state index < -0.39 is 27.1 Å². The molecule has 1 atom stereocenters. The minimum absolute atomic E-state index is 0.0102. The van der Waals surface area contributed by atoms with E-state index in [2.05, 4.69) is 14.7 Å². The number of hydrogen-bond donors (Lipinski definition) is 1. The van der Waals surface area contributed by atoms with Gasteiger partial charge < -0.3 is 0 Å². The summed E-state index contributed by atoms with van der Waals surface area (Å²) in [6, 6.07) is 0.778. The Morgan fingerprint density at radius 3 is 2.57 bits per heavy atom. The zero-order valence-electron chi connectivity index (χ0n) is 11.6. The van der Waals surface area contributed by atoms with E-state index in [1.54, 1.807) is 0 Å². The summed E-state index contributed by atoms with van der Waals surface area (Å²) in [6.45, 7) is 3.69. The van der Waals surface area contributed by atoms with Gasteiger partial charge in [0, 0.05) is 19.2 Å². The van der Waals surface area contributed by atoms with Crippen molar-refractivity contribution in [3.63, 3.8) is 0 Å². The maximum Gasteiger partial charge on any atom is 0.433 e. The molecule has 1 aliphatic rings. The SMILES string of the molecule is CC1(C)CC1S(=O)(=O)NCCc1nccc(C(F)(F)F)n1. The van der Waals surface area contributed by atoms with Crippen LogP contribution in [0.4, 0.5) is 13.2 Å². The van der Waals surface area contributed by atoms with Gasteiger partial charge in [-0.25, -0.2) is 23.1 Å². The lowest BCUT2D eigenvalue weighted by atomic mass is 10.2. The molecule has 0 spiro atoms. The Balaban J connectivity index is 1.93. The Kier molecular flexibility index (Phi) is 4.00. The fourth-order valence-electron chi connectivity index (χ4n) is 2.03. The monoisotopic (exact) mass is 323 g/mol. The number of nitrogens with one attached hydrogen (secondary N) is 1. The van der Waals surface area contributed by atoms with Crippen LogP contribution < -0.4 is 4.72 Å². The average Bonchev–Trinajstić information content (AvgIpc) is 2.99. The smallest absolute Gasteiger partial charge is 0.241 e. The molecule has 1 N–H and O–H groups in total. The van der Waals surface area contributed by atoms with Crippen molar-refractivity contribution >= 4 is 10.0 Å². The number of sulfonamides is 1. The molecule has 5 nitrogen and oxygen atoms in total. The molecule has 0 aliphatic heterocycles. The van der Waals surface area contributed by atoms with Crippen molar-refractivity contribution < 1.29 is 21.6 Å². The highest BCUT2D eigenvalue weighted by atomic mass is 32.2. The lowest BCUT2D eigenvalue weighted by Gasteiger charge is -2.09. The molecule has 21 heavy (non-hydrogen) atoms. The second-order valence-electron chi connectivity index (χ2n) is 5.73. The first-order valence-corrected chi connectivity index (χ1v) is 7.95. The molecule has 0 radical (unpaired) electrons. The zero-order valence-corrected chi connectivity index (χ0v) is 12.4. The van der Waals surface area contributed by atoms with Gasteiger partial charge in [0.2, 0.25) is 10.0 Å². The van der Waals surface area contributed by atoms with Crippen LogP contribution in [0.3, 0.4) is 0 Å². The van der Waals surface area contributed by atoms with Crippen LogP contribution in [0.1, 0.15) is 31.8 Å². The average molecular weight is 323 g/mol. The fourth-order valence-corrected chi connectivity index (χ4v) is 4.11. The minimum Gasteiger partial charge on any atom is -0.241 e. The lowest BCUT2D eigenvalue weighted by molar-refractivity contribution is -0.141. The molecule has 1 aliphatic carbocycles. The molecular formula is C12H16F3N3O2S. The van der Waals surface area contributed by atoms with Crippen LogP contribution in [0.25, 0.3) is 0 Å². The number of halogens is 3. The Bertz CT molecular complexity index is 629. The van der Waals surface area contributed by atoms with Gasteiger partial charge in [0.25, 0.3) is 0 Å². The van der Waals surface area contributed by atoms with E-state index in [0.29, 0.717) is 6.42 Å². The summed E-state index contributed by atoms with van der Waals surface area (Å²) < 4.78 is 63.6. The van der Waals surface area contributed by atoms with Gasteiger partial charge in [-0.3, -0.25) is 0 Å². The molecule has 0 aromatic carbocycles. The second kappa shape index (κ2) is 5.20. The Morgan fingerprint density at radius 2 is 2.05 bits per heavy atom. The molecule has 1 unspecified atom stereocenters. The largest absolute Gasteiger partial charge is 0.433 e. The van der Waals surface area contributed by atoms with Crippen molar-refractivity contribution in [1.82, 2.24) is 14.7 Å². The molecule has 1 aromatic rings. The minimum atomic E-state index is -4.53. The molecule has 118 valence electrons. The highest BCUT2D eigenvalue weighted by Crippen LogP contribution is 2.49. The van der Waals surface area contributed by atoms with E-state index in [1.165, 1.54) is 0 Å². The Labute approximate surface area is 121 Å². The van der Waals surface area contributed by atoms with Crippen LogP contribution >= 0.6 is 0 Å². The van der Waals surface area contributed by atoms with Gasteiger partial charge in [-0.15, -0.1) is 0 Å². The van der Waals surface area contributed by atoms with Crippen LogP contribution in [-0.4, -0.2) is 30.2 Å². The highest BCUT2D eigenvalue weighted by Gasteiger charge is 2.54. The summed E-state index contributed by atoms with van der Waals surface area (Å²) in [5.41, 5.74) is -1.27. The summed E-state index contributed by atoms with van der Waals surface area (Å²) >= 11 is 0. The summed E-state index contributed by atoms with van der Waals surface area (Å²) in [4.78, 5) is 7.10. The predicted octanol–water partition coefficient (Wildman–Crippen LogP) is 1.76. The van der Waals surface area contributed by atoms with E-state index in [0.717, 1.165) is 12.3 Å².